The topological polar surface area (TPSA) is 75.8 Å². The van der Waals surface area contributed by atoms with Crippen LogP contribution in [-0.2, 0) is 22.4 Å². The summed E-state index contributed by atoms with van der Waals surface area (Å²) in [6.07, 6.45) is 2.28. The molecule has 0 aromatic heterocycles. The summed E-state index contributed by atoms with van der Waals surface area (Å²) < 4.78 is 0. The number of hydrogen-bond acceptors (Lipinski definition) is 0. The minimum absolute atomic E-state index is 0. The van der Waals surface area contributed by atoms with Crippen LogP contribution in [-0.4, -0.2) is 39.3 Å². The minimum atomic E-state index is 0. The van der Waals surface area contributed by atoms with Gasteiger partial charge in [0.25, 0.3) is 0 Å². The van der Waals surface area contributed by atoms with Gasteiger partial charge in [0, 0.05) is 0 Å². The Morgan fingerprint density at radius 2 is 0.714 bits per heavy atom. The fourth-order valence-electron chi connectivity index (χ4n) is 0.671. The molecule has 0 spiro atoms. The molecule has 5 heteroatoms. The van der Waals surface area contributed by atoms with Gasteiger partial charge in [0.1, 0.15) is 0 Å². The second kappa shape index (κ2) is 58.8. The van der Waals surface area contributed by atoms with Crippen LogP contribution in [0.5, 0.6) is 0 Å². The predicted molar refractivity (Wildman–Crippen MR) is 98.9 cm³/mol. The van der Waals surface area contributed by atoms with E-state index in [0.717, 1.165) is 45.7 Å². The van der Waals surface area contributed by atoms with E-state index >= 15 is 0 Å². The van der Waals surface area contributed by atoms with Gasteiger partial charge in [0.2, 0.25) is 0 Å². The molecular formula is C16H41N4Ta. The van der Waals surface area contributed by atoms with E-state index in [1.165, 1.54) is 6.42 Å². The molecule has 0 saturated carbocycles. The molecule has 0 aromatic carbocycles. The van der Waals surface area contributed by atoms with Crippen molar-refractivity contribution in [3.8, 4) is 0 Å². The summed E-state index contributed by atoms with van der Waals surface area (Å²) in [6.45, 7) is 23.8. The zero-order valence-corrected chi connectivity index (χ0v) is 18.9. The Morgan fingerprint density at radius 1 is 0.571 bits per heavy atom. The molecule has 0 atom stereocenters. The molecule has 21 heavy (non-hydrogen) atoms. The fourth-order valence-corrected chi connectivity index (χ4v) is 0.671. The number of nitrogens with two attached hydrogens (primary N) is 1. The van der Waals surface area contributed by atoms with Crippen molar-refractivity contribution < 1.29 is 22.4 Å². The average Bonchev–Trinajstić information content (AvgIpc) is 2.43. The van der Waals surface area contributed by atoms with Crippen LogP contribution in [0, 0.1) is 6.92 Å². The zero-order valence-electron chi connectivity index (χ0n) is 15.7. The molecule has 0 aromatic rings. The summed E-state index contributed by atoms with van der Waals surface area (Å²) in [5, 5.41) is 11.9. The minimum Gasteiger partial charge on any atom is -0.693 e. The first-order chi connectivity index (χ1) is 9.16. The quantitative estimate of drug-likeness (QED) is 0.379. The van der Waals surface area contributed by atoms with Gasteiger partial charge in [0.05, 0.1) is 0 Å². The molecule has 0 fully saturated rings. The molecule has 0 unspecified atom stereocenters. The summed E-state index contributed by atoms with van der Waals surface area (Å²) in [5.41, 5.74) is 0. The molecule has 0 rings (SSSR count). The first kappa shape index (κ1) is 37.7. The van der Waals surface area contributed by atoms with Crippen LogP contribution in [0.25, 0.3) is 22.1 Å². The Labute approximate surface area is 152 Å². The Bertz CT molecular complexity index is 74.1. The second-order valence-corrected chi connectivity index (χ2v) is 3.42. The van der Waals surface area contributed by atoms with E-state index in [2.05, 4.69) is 29.8 Å². The third-order valence-corrected chi connectivity index (χ3v) is 1.70. The Kier molecular flexibility index (Phi) is 105. The molecule has 0 aliphatic heterocycles. The molecule has 0 heterocycles. The average molecular weight is 470 g/mol. The second-order valence-electron chi connectivity index (χ2n) is 3.42. The first-order valence-electron chi connectivity index (χ1n) is 7.85. The van der Waals surface area contributed by atoms with Crippen LogP contribution in [0.3, 0.4) is 0 Å². The van der Waals surface area contributed by atoms with Crippen LogP contribution in [0.2, 0.25) is 0 Å². The van der Waals surface area contributed by atoms with E-state index in [1.54, 1.807) is 0 Å². The van der Waals surface area contributed by atoms with E-state index in [4.69, 9.17) is 0 Å². The maximum absolute atomic E-state index is 3.97. The number of hydrogen-bond donors (Lipinski definition) is 0. The molecule has 130 valence electrons. The van der Waals surface area contributed by atoms with Gasteiger partial charge < -0.3 is 29.0 Å². The molecule has 0 radical (unpaired) electrons. The van der Waals surface area contributed by atoms with E-state index in [1.807, 2.05) is 41.5 Å². The van der Waals surface area contributed by atoms with Crippen molar-refractivity contribution in [3.05, 3.63) is 29.0 Å². The maximum Gasteiger partial charge on any atom is 5.00 e. The van der Waals surface area contributed by atoms with E-state index in [0.29, 0.717) is 0 Å². The Morgan fingerprint density at radius 3 is 0.714 bits per heavy atom. The SMILES string of the molecule is CC[N-]CC.CC[N-]CC.CC[N-]CC.[CH2-]CCC.[NH2-].[Ta+5]. The van der Waals surface area contributed by atoms with Gasteiger partial charge in [-0.25, -0.2) is 0 Å². The molecule has 4 nitrogen and oxygen atoms in total. The van der Waals surface area contributed by atoms with Crippen molar-refractivity contribution in [3.63, 3.8) is 0 Å². The normalized spacial score (nSPS) is 7.43. The van der Waals surface area contributed by atoms with Crippen molar-refractivity contribution in [2.75, 3.05) is 39.3 Å². The summed E-state index contributed by atoms with van der Waals surface area (Å²) in [5.74, 6) is 0. The van der Waals surface area contributed by atoms with Gasteiger partial charge in [-0.05, 0) is 0 Å². The van der Waals surface area contributed by atoms with E-state index < -0.39 is 0 Å². The van der Waals surface area contributed by atoms with Crippen molar-refractivity contribution in [1.82, 2.24) is 0 Å². The standard InChI is InChI=1S/3C4H10N.C4H9.H2N.Ta/c3*1-3-5-4-2;1-3-4-2;;/h3*3-4H2,1-2H3;1,3-4H2,2H3;1H2;/q5*-1;+5. The maximum atomic E-state index is 3.97. The number of unbranched alkanes of at least 4 members (excludes halogenated alkanes) is 1. The molecule has 0 bridgehead atoms. The van der Waals surface area contributed by atoms with Gasteiger partial charge in [-0.15, -0.1) is 0 Å². The fraction of sp³-hybridized carbons (Fsp3) is 0.938. The van der Waals surface area contributed by atoms with Crippen LogP contribution in [0.1, 0.15) is 61.3 Å². The molecular weight excluding hydrogens is 429 g/mol. The summed E-state index contributed by atoms with van der Waals surface area (Å²) >= 11 is 0. The van der Waals surface area contributed by atoms with Crippen LogP contribution in [0.4, 0.5) is 0 Å². The zero-order chi connectivity index (χ0) is 15.8. The monoisotopic (exact) mass is 470 g/mol. The van der Waals surface area contributed by atoms with Gasteiger partial charge in [-0.2, -0.15) is 45.7 Å². The van der Waals surface area contributed by atoms with Gasteiger partial charge >= 0.3 is 22.4 Å². The Hall–Kier alpha value is 0.580. The van der Waals surface area contributed by atoms with E-state index in [9.17, 15) is 0 Å². The van der Waals surface area contributed by atoms with Crippen LogP contribution < -0.4 is 0 Å². The van der Waals surface area contributed by atoms with Crippen molar-refractivity contribution in [2.45, 2.75) is 61.3 Å². The van der Waals surface area contributed by atoms with Crippen molar-refractivity contribution in [2.24, 2.45) is 0 Å². The third kappa shape index (κ3) is 124. The van der Waals surface area contributed by atoms with Gasteiger partial charge in [0.15, 0.2) is 0 Å². The number of rotatable bonds is 7. The van der Waals surface area contributed by atoms with Gasteiger partial charge in [-0.1, -0.05) is 54.9 Å². The largest absolute Gasteiger partial charge is 5.00 e. The van der Waals surface area contributed by atoms with Crippen LogP contribution >= 0.6 is 0 Å². The predicted octanol–water partition coefficient (Wildman–Crippen LogP) is 6.53. The summed E-state index contributed by atoms with van der Waals surface area (Å²) in [7, 11) is 0. The molecule has 0 aliphatic carbocycles. The van der Waals surface area contributed by atoms with Gasteiger partial charge in [-0.3, -0.25) is 0 Å². The van der Waals surface area contributed by atoms with E-state index in [-0.39, 0.29) is 28.5 Å². The van der Waals surface area contributed by atoms with Crippen LogP contribution in [0.15, 0.2) is 0 Å². The summed E-state index contributed by atoms with van der Waals surface area (Å²) in [6, 6.07) is 0. The third-order valence-electron chi connectivity index (χ3n) is 1.70. The molecule has 2 N–H and O–H groups in total. The smallest absolute Gasteiger partial charge is 0.693 e. The number of nitrogens with zero attached hydrogens (tertiary/aromatic N) is 3. The first-order valence-corrected chi connectivity index (χ1v) is 7.85. The molecule has 0 aliphatic rings. The molecule has 0 saturated heterocycles. The van der Waals surface area contributed by atoms with Crippen molar-refractivity contribution in [1.29, 1.82) is 0 Å². The van der Waals surface area contributed by atoms with Crippen molar-refractivity contribution >= 4 is 0 Å². The molecule has 0 amide bonds. The Balaban J connectivity index is -0.0000000347. The summed E-state index contributed by atoms with van der Waals surface area (Å²) in [4.78, 5) is 0.